The van der Waals surface area contributed by atoms with Crippen molar-refractivity contribution >= 4 is 5.97 Å². The highest BCUT2D eigenvalue weighted by molar-refractivity contribution is 5.72. The quantitative estimate of drug-likeness (QED) is 0.153. The molecular formula is C18H30O4. The SMILES string of the molecule is CCC/C=C\C/C=C/C=C\CCCCCCC(OO)C(=O)O. The summed E-state index contributed by atoms with van der Waals surface area (Å²) in [4.78, 5) is 14.5. The van der Waals surface area contributed by atoms with Gasteiger partial charge in [-0.25, -0.2) is 9.68 Å². The minimum Gasteiger partial charge on any atom is -0.479 e. The molecule has 0 saturated carbocycles. The molecule has 0 aliphatic carbocycles. The minimum absolute atomic E-state index is 0.357. The van der Waals surface area contributed by atoms with Crippen molar-refractivity contribution in [2.24, 2.45) is 0 Å². The smallest absolute Gasteiger partial charge is 0.336 e. The van der Waals surface area contributed by atoms with Crippen LogP contribution in [0.4, 0.5) is 0 Å². The topological polar surface area (TPSA) is 66.8 Å². The first-order valence-electron chi connectivity index (χ1n) is 8.22. The fourth-order valence-corrected chi connectivity index (χ4v) is 1.96. The third kappa shape index (κ3) is 13.6. The van der Waals surface area contributed by atoms with Gasteiger partial charge in [-0.1, -0.05) is 69.1 Å². The van der Waals surface area contributed by atoms with Crippen LogP contribution in [-0.4, -0.2) is 22.4 Å². The van der Waals surface area contributed by atoms with Crippen molar-refractivity contribution < 1.29 is 20.0 Å². The number of hydrogen-bond acceptors (Lipinski definition) is 3. The van der Waals surface area contributed by atoms with Crippen LogP contribution in [0.2, 0.25) is 0 Å². The van der Waals surface area contributed by atoms with Crippen LogP contribution < -0.4 is 0 Å². The van der Waals surface area contributed by atoms with E-state index in [1.54, 1.807) is 0 Å². The summed E-state index contributed by atoms with van der Waals surface area (Å²) >= 11 is 0. The molecule has 0 aliphatic heterocycles. The van der Waals surface area contributed by atoms with Gasteiger partial charge in [0.25, 0.3) is 0 Å². The first-order chi connectivity index (χ1) is 10.7. The Morgan fingerprint density at radius 3 is 2.41 bits per heavy atom. The lowest BCUT2D eigenvalue weighted by molar-refractivity contribution is -0.277. The Morgan fingerprint density at radius 1 is 1.00 bits per heavy atom. The number of aliphatic carboxylic acids is 1. The second-order valence-electron chi connectivity index (χ2n) is 5.28. The van der Waals surface area contributed by atoms with E-state index in [9.17, 15) is 4.79 Å². The molecule has 0 heterocycles. The normalized spacial score (nSPS) is 13.5. The van der Waals surface area contributed by atoms with E-state index in [1.165, 1.54) is 6.42 Å². The van der Waals surface area contributed by atoms with Crippen molar-refractivity contribution in [2.45, 2.75) is 70.8 Å². The van der Waals surface area contributed by atoms with Gasteiger partial charge in [-0.2, -0.15) is 0 Å². The summed E-state index contributed by atoms with van der Waals surface area (Å²) in [6.07, 6.45) is 20.4. The van der Waals surface area contributed by atoms with E-state index in [-0.39, 0.29) is 0 Å². The maximum absolute atomic E-state index is 10.6. The van der Waals surface area contributed by atoms with Gasteiger partial charge in [0.15, 0.2) is 6.10 Å². The summed E-state index contributed by atoms with van der Waals surface area (Å²) in [5.41, 5.74) is 0. The van der Waals surface area contributed by atoms with Gasteiger partial charge in [-0.3, -0.25) is 5.26 Å². The average Bonchev–Trinajstić information content (AvgIpc) is 2.51. The second-order valence-corrected chi connectivity index (χ2v) is 5.28. The standard InChI is InChI=1S/C18H30O4/c1-2-3-4-5-6-7-8-9-10-11-12-13-14-15-16-17(22-21)18(19)20/h4-5,7-10,17,21H,2-3,6,11-16H2,1H3,(H,19,20)/b5-4-,8-7+,10-9-. The highest BCUT2D eigenvalue weighted by Crippen LogP contribution is 2.09. The predicted molar refractivity (Wildman–Crippen MR) is 89.8 cm³/mol. The predicted octanol–water partition coefficient (Wildman–Crippen LogP) is 5.13. The number of carboxylic acids is 1. The molecule has 0 rings (SSSR count). The van der Waals surface area contributed by atoms with Crippen molar-refractivity contribution in [2.75, 3.05) is 0 Å². The molecule has 126 valence electrons. The lowest BCUT2D eigenvalue weighted by atomic mass is 10.1. The molecule has 22 heavy (non-hydrogen) atoms. The number of allylic oxidation sites excluding steroid dienone is 6. The Hall–Kier alpha value is -1.39. The number of carbonyl (C=O) groups is 1. The zero-order valence-corrected chi connectivity index (χ0v) is 13.6. The Labute approximate surface area is 134 Å². The largest absolute Gasteiger partial charge is 0.479 e. The van der Waals surface area contributed by atoms with Gasteiger partial charge in [-0.05, 0) is 32.1 Å². The molecule has 0 aliphatic rings. The molecule has 0 amide bonds. The van der Waals surface area contributed by atoms with Crippen molar-refractivity contribution in [1.82, 2.24) is 0 Å². The number of hydrogen-bond donors (Lipinski definition) is 2. The van der Waals surface area contributed by atoms with E-state index in [2.05, 4.69) is 48.3 Å². The van der Waals surface area contributed by atoms with Gasteiger partial charge < -0.3 is 5.11 Å². The average molecular weight is 310 g/mol. The van der Waals surface area contributed by atoms with E-state index in [1.807, 2.05) is 0 Å². The Morgan fingerprint density at radius 2 is 1.73 bits per heavy atom. The van der Waals surface area contributed by atoms with E-state index < -0.39 is 12.1 Å². The molecule has 0 fully saturated rings. The van der Waals surface area contributed by atoms with Crippen LogP contribution in [-0.2, 0) is 9.68 Å². The summed E-state index contributed by atoms with van der Waals surface area (Å²) in [7, 11) is 0. The zero-order chi connectivity index (χ0) is 16.5. The number of carboxylic acid groups (broad SMARTS) is 1. The van der Waals surface area contributed by atoms with E-state index >= 15 is 0 Å². The van der Waals surface area contributed by atoms with Crippen molar-refractivity contribution in [3.05, 3.63) is 36.5 Å². The lowest BCUT2D eigenvalue weighted by Gasteiger charge is -2.07. The molecule has 0 spiro atoms. The fraction of sp³-hybridized carbons (Fsp3) is 0.611. The highest BCUT2D eigenvalue weighted by Gasteiger charge is 2.16. The summed E-state index contributed by atoms with van der Waals surface area (Å²) in [5.74, 6) is -1.11. The van der Waals surface area contributed by atoms with Gasteiger partial charge in [0, 0.05) is 0 Å². The number of rotatable bonds is 14. The van der Waals surface area contributed by atoms with Crippen LogP contribution >= 0.6 is 0 Å². The summed E-state index contributed by atoms with van der Waals surface area (Å²) in [5, 5.41) is 17.1. The molecule has 2 N–H and O–H groups in total. The first kappa shape index (κ1) is 20.6. The molecule has 0 bridgehead atoms. The van der Waals surface area contributed by atoms with Crippen molar-refractivity contribution in [3.63, 3.8) is 0 Å². The Balaban J connectivity index is 3.44. The second kappa shape index (κ2) is 16.0. The van der Waals surface area contributed by atoms with Crippen LogP contribution in [0.15, 0.2) is 36.5 Å². The van der Waals surface area contributed by atoms with Gasteiger partial charge in [0.1, 0.15) is 0 Å². The highest BCUT2D eigenvalue weighted by atomic mass is 17.1. The Bertz CT molecular complexity index is 345. The zero-order valence-electron chi connectivity index (χ0n) is 13.6. The summed E-state index contributed by atoms with van der Waals surface area (Å²) in [6, 6.07) is 0. The summed E-state index contributed by atoms with van der Waals surface area (Å²) in [6.45, 7) is 2.17. The van der Waals surface area contributed by atoms with Gasteiger partial charge in [0.2, 0.25) is 0 Å². The molecule has 4 heteroatoms. The molecule has 0 aromatic heterocycles. The molecule has 1 unspecified atom stereocenters. The third-order valence-corrected chi connectivity index (χ3v) is 3.27. The van der Waals surface area contributed by atoms with E-state index in [4.69, 9.17) is 10.4 Å². The monoisotopic (exact) mass is 310 g/mol. The lowest BCUT2D eigenvalue weighted by Crippen LogP contribution is -2.22. The molecule has 0 radical (unpaired) electrons. The van der Waals surface area contributed by atoms with Crippen LogP contribution in [0.5, 0.6) is 0 Å². The van der Waals surface area contributed by atoms with Crippen LogP contribution in [0.1, 0.15) is 64.7 Å². The van der Waals surface area contributed by atoms with Gasteiger partial charge in [0.05, 0.1) is 0 Å². The van der Waals surface area contributed by atoms with Gasteiger partial charge in [-0.15, -0.1) is 0 Å². The molecule has 0 aromatic carbocycles. The number of unbranched alkanes of at least 4 members (excludes halogenated alkanes) is 5. The molecule has 4 nitrogen and oxygen atoms in total. The maximum atomic E-state index is 10.6. The van der Waals surface area contributed by atoms with Crippen LogP contribution in [0.3, 0.4) is 0 Å². The van der Waals surface area contributed by atoms with E-state index in [0.717, 1.165) is 44.9 Å². The third-order valence-electron chi connectivity index (χ3n) is 3.27. The summed E-state index contributed by atoms with van der Waals surface area (Å²) < 4.78 is 0. The van der Waals surface area contributed by atoms with E-state index in [0.29, 0.717) is 6.42 Å². The van der Waals surface area contributed by atoms with Gasteiger partial charge >= 0.3 is 5.97 Å². The minimum atomic E-state index is -1.11. The Kier molecular flexibility index (Phi) is 15.0. The maximum Gasteiger partial charge on any atom is 0.336 e. The fourth-order valence-electron chi connectivity index (χ4n) is 1.96. The first-order valence-corrected chi connectivity index (χ1v) is 8.22. The van der Waals surface area contributed by atoms with Crippen molar-refractivity contribution in [1.29, 1.82) is 0 Å². The molecule has 0 aromatic rings. The molecular weight excluding hydrogens is 280 g/mol. The van der Waals surface area contributed by atoms with Crippen LogP contribution in [0.25, 0.3) is 0 Å². The molecule has 0 saturated heterocycles. The van der Waals surface area contributed by atoms with Crippen LogP contribution in [0, 0.1) is 0 Å². The molecule has 1 atom stereocenters. The van der Waals surface area contributed by atoms with Crippen molar-refractivity contribution in [3.8, 4) is 0 Å².